The van der Waals surface area contributed by atoms with Gasteiger partial charge in [0.25, 0.3) is 30.1 Å². The normalized spacial score (nSPS) is 10.7. The Bertz CT molecular complexity index is 4220. The first-order valence-electron chi connectivity index (χ1n) is 25.2. The maximum atomic E-state index is 12.4. The molecule has 0 aliphatic carbocycles. The van der Waals surface area contributed by atoms with Crippen LogP contribution < -0.4 is 36.3 Å². The van der Waals surface area contributed by atoms with Gasteiger partial charge in [-0.05, 0) is 151 Å². The van der Waals surface area contributed by atoms with Crippen molar-refractivity contribution in [3.63, 3.8) is 0 Å². The van der Waals surface area contributed by atoms with Crippen molar-refractivity contribution in [1.82, 2.24) is 5.32 Å². The summed E-state index contributed by atoms with van der Waals surface area (Å²) < 4.78 is 81.4. The summed E-state index contributed by atoms with van der Waals surface area (Å²) in [4.78, 5) is 35.5. The SMILES string of the molecule is C.CNC(=O)/C=C/C#Cc1ccc(NS(=O)(=O)c2ccccc2)cc1.Nc1ccccc1CC(=O)/C=C/C#Cc1cccc(NS(=O)(=O)c2ccccc2)c1.Nc1ccccc1NC(=O)/C=C/C#Cc1ccc(NS(=O)(=O)c2ccccc2)cc1. The molecule has 8 rings (SSSR count). The number of nitrogen functional groups attached to an aromatic ring is 2. The van der Waals surface area contributed by atoms with E-state index >= 15 is 0 Å². The molecule has 0 bridgehead atoms. The van der Waals surface area contributed by atoms with Gasteiger partial charge in [-0.3, -0.25) is 28.5 Å². The summed E-state index contributed by atoms with van der Waals surface area (Å²) in [5.74, 6) is 16.2. The first-order valence-corrected chi connectivity index (χ1v) is 29.7. The minimum absolute atomic E-state index is 0. The summed E-state index contributed by atoms with van der Waals surface area (Å²) in [7, 11) is -9.37. The Kier molecular flexibility index (Phi) is 24.9. The number of likely N-dealkylation sites (N-methyl/N-ethyl adjacent to an activating group) is 1. The average Bonchev–Trinajstić information content (AvgIpc) is 3.57. The Labute approximate surface area is 497 Å². The lowest BCUT2D eigenvalue weighted by molar-refractivity contribution is -0.116. The third-order valence-corrected chi connectivity index (χ3v) is 15.3. The summed E-state index contributed by atoms with van der Waals surface area (Å²) in [6, 6.07) is 58.6. The maximum absolute atomic E-state index is 12.4. The Balaban J connectivity index is 0.000000233. The summed E-state index contributed by atoms with van der Waals surface area (Å²) >= 11 is 0. The molecule has 0 atom stereocenters. The number of sulfonamides is 3. The first kappa shape index (κ1) is 64.9. The largest absolute Gasteiger partial charge is 0.398 e. The van der Waals surface area contributed by atoms with Crippen molar-refractivity contribution in [1.29, 1.82) is 0 Å². The number of allylic oxidation sites excluding steroid dienone is 4. The van der Waals surface area contributed by atoms with Gasteiger partial charge in [0, 0.05) is 59.4 Å². The van der Waals surface area contributed by atoms with Crippen LogP contribution >= 0.6 is 0 Å². The van der Waals surface area contributed by atoms with Crippen LogP contribution in [0.1, 0.15) is 29.7 Å². The lowest BCUT2D eigenvalue weighted by Crippen LogP contribution is -2.13. The smallest absolute Gasteiger partial charge is 0.261 e. The van der Waals surface area contributed by atoms with E-state index in [4.69, 9.17) is 11.5 Å². The number of carbonyl (C=O) groups excluding carboxylic acids is 3. The van der Waals surface area contributed by atoms with Crippen LogP contribution in [0.5, 0.6) is 0 Å². The van der Waals surface area contributed by atoms with Gasteiger partial charge >= 0.3 is 0 Å². The molecule has 8 aromatic rings. The van der Waals surface area contributed by atoms with E-state index in [2.05, 4.69) is 60.3 Å². The van der Waals surface area contributed by atoms with Crippen LogP contribution in [0.15, 0.2) is 263 Å². The lowest BCUT2D eigenvalue weighted by atomic mass is 10.1. The predicted molar refractivity (Wildman–Crippen MR) is 339 cm³/mol. The molecule has 0 fully saturated rings. The van der Waals surface area contributed by atoms with Crippen molar-refractivity contribution in [2.75, 3.05) is 38.0 Å². The van der Waals surface area contributed by atoms with Gasteiger partial charge < -0.3 is 22.1 Å². The monoisotopic (exact) mass is 1190 g/mol. The molecule has 0 saturated heterocycles. The van der Waals surface area contributed by atoms with Crippen LogP contribution in [-0.4, -0.2) is 49.9 Å². The standard InChI is InChI=1S/C24H20N2O3S.C23H19N3O3S.C18H16N2O3S.CH4/c25-24-16-7-5-11-20(24)18-22(27)13-6-4-9-19-10-8-12-21(17-19)26-30(28,29)23-14-2-1-3-15-23;24-21-11-5-6-12-22(21)25-23(27)13-7-4-8-18-14-16-19(17-15-18)26-30(28,29)20-9-2-1-3-10-20;1-19-18(21)10-6-5-7-15-11-13-16(14-12-15)20-24(22,23)17-8-3-2-4-9-17;/h1-3,5-8,10-17,26H,18,25H2;1-3,5-7,9-17,26H,24H2,(H,25,27);2-4,6,8-14,20H,1H3,(H,19,21);1H4/b13-6+;13-7+;10-6+;. The third-order valence-electron chi connectivity index (χ3n) is 11.1. The van der Waals surface area contributed by atoms with Crippen molar-refractivity contribution < 1.29 is 39.6 Å². The molecular formula is C66H59N7O9S3. The summed E-state index contributed by atoms with van der Waals surface area (Å²) in [5.41, 5.74) is 17.3. The molecule has 0 spiro atoms. The zero-order valence-corrected chi connectivity index (χ0v) is 47.4. The van der Waals surface area contributed by atoms with Gasteiger partial charge in [-0.1, -0.05) is 134 Å². The fraction of sp³-hybridized carbons (Fsp3) is 0.0455. The molecule has 19 heteroatoms. The number of para-hydroxylation sites is 3. The first-order chi connectivity index (χ1) is 40.4. The molecule has 9 N–H and O–H groups in total. The Morgan fingerprint density at radius 1 is 0.424 bits per heavy atom. The summed E-state index contributed by atoms with van der Waals surface area (Å²) in [6.45, 7) is 0. The molecule has 0 saturated carbocycles. The van der Waals surface area contributed by atoms with E-state index in [1.54, 1.807) is 158 Å². The van der Waals surface area contributed by atoms with E-state index in [1.807, 2.05) is 18.2 Å². The van der Waals surface area contributed by atoms with Gasteiger partial charge in [0.1, 0.15) is 0 Å². The molecule has 8 aromatic carbocycles. The molecule has 0 heterocycles. The van der Waals surface area contributed by atoms with E-state index in [0.29, 0.717) is 50.8 Å². The minimum Gasteiger partial charge on any atom is -0.398 e. The van der Waals surface area contributed by atoms with E-state index in [9.17, 15) is 39.6 Å². The topological polar surface area (TPSA) is 266 Å². The Morgan fingerprint density at radius 3 is 1.28 bits per heavy atom. The number of nitrogens with one attached hydrogen (secondary N) is 5. The minimum atomic E-state index is -3.67. The second-order valence-electron chi connectivity index (χ2n) is 17.3. The van der Waals surface area contributed by atoms with Crippen LogP contribution in [0.4, 0.5) is 34.1 Å². The van der Waals surface area contributed by atoms with Crippen LogP contribution in [0.2, 0.25) is 0 Å². The fourth-order valence-electron chi connectivity index (χ4n) is 6.90. The highest BCUT2D eigenvalue weighted by Gasteiger charge is 2.16. The lowest BCUT2D eigenvalue weighted by Gasteiger charge is -2.08. The van der Waals surface area contributed by atoms with Gasteiger partial charge in [-0.25, -0.2) is 25.3 Å². The molecular weight excluding hydrogens is 1130 g/mol. The number of anilines is 6. The zero-order valence-electron chi connectivity index (χ0n) is 44.9. The quantitative estimate of drug-likeness (QED) is 0.0288. The van der Waals surface area contributed by atoms with Gasteiger partial charge in [0.15, 0.2) is 5.78 Å². The van der Waals surface area contributed by atoms with Crippen LogP contribution in [0.25, 0.3) is 0 Å². The molecule has 430 valence electrons. The second-order valence-corrected chi connectivity index (χ2v) is 22.4. The van der Waals surface area contributed by atoms with Crippen molar-refractivity contribution in [3.8, 4) is 35.5 Å². The number of hydrogen-bond acceptors (Lipinski definition) is 11. The van der Waals surface area contributed by atoms with Gasteiger partial charge in [-0.2, -0.15) is 0 Å². The number of ketones is 1. The van der Waals surface area contributed by atoms with Gasteiger partial charge in [0.05, 0.1) is 31.7 Å². The van der Waals surface area contributed by atoms with Crippen molar-refractivity contribution in [2.24, 2.45) is 0 Å². The van der Waals surface area contributed by atoms with E-state index in [1.165, 1.54) is 79.9 Å². The zero-order chi connectivity index (χ0) is 60.2. The molecule has 16 nitrogen and oxygen atoms in total. The number of nitrogens with two attached hydrogens (primary N) is 2. The highest BCUT2D eigenvalue weighted by atomic mass is 32.2. The van der Waals surface area contributed by atoms with Crippen LogP contribution in [0, 0.1) is 35.5 Å². The van der Waals surface area contributed by atoms with E-state index < -0.39 is 30.1 Å². The maximum Gasteiger partial charge on any atom is 0.261 e. The fourth-order valence-corrected chi connectivity index (χ4v) is 10.1. The summed E-state index contributed by atoms with van der Waals surface area (Å²) in [6.07, 6.45) is 8.60. The van der Waals surface area contributed by atoms with Crippen molar-refractivity contribution in [2.45, 2.75) is 28.5 Å². The number of rotatable bonds is 15. The molecule has 0 unspecified atom stereocenters. The highest BCUT2D eigenvalue weighted by molar-refractivity contribution is 7.93. The van der Waals surface area contributed by atoms with Crippen molar-refractivity contribution >= 4 is 81.8 Å². The third kappa shape index (κ3) is 22.2. The predicted octanol–water partition coefficient (Wildman–Crippen LogP) is 10.2. The van der Waals surface area contributed by atoms with E-state index in [0.717, 1.165) is 5.56 Å². The summed E-state index contributed by atoms with van der Waals surface area (Å²) in [5, 5.41) is 5.12. The second kappa shape index (κ2) is 32.5. The number of amides is 2. The Hall–Kier alpha value is -10.9. The number of carbonyl (C=O) groups is 3. The van der Waals surface area contributed by atoms with Crippen LogP contribution in [-0.2, 0) is 50.9 Å². The van der Waals surface area contributed by atoms with Crippen LogP contribution in [0.3, 0.4) is 0 Å². The molecule has 0 radical (unpaired) electrons. The van der Waals surface area contributed by atoms with E-state index in [-0.39, 0.29) is 46.1 Å². The molecule has 85 heavy (non-hydrogen) atoms. The average molecular weight is 1190 g/mol. The molecule has 0 aliphatic heterocycles. The van der Waals surface area contributed by atoms with Crippen molar-refractivity contribution in [3.05, 3.63) is 271 Å². The molecule has 0 aliphatic rings. The molecule has 0 aromatic heterocycles. The number of hydrogen-bond donors (Lipinski definition) is 7. The highest BCUT2D eigenvalue weighted by Crippen LogP contribution is 2.20. The van der Waals surface area contributed by atoms with Gasteiger partial charge in [-0.15, -0.1) is 0 Å². The van der Waals surface area contributed by atoms with Gasteiger partial charge in [0.2, 0.25) is 11.8 Å². The number of benzene rings is 8. The molecule has 2 amide bonds. The Morgan fingerprint density at radius 2 is 0.824 bits per heavy atom.